The van der Waals surface area contributed by atoms with E-state index < -0.39 is 0 Å². The molecule has 158 valence electrons. The van der Waals surface area contributed by atoms with Gasteiger partial charge in [0, 0.05) is 35.2 Å². The number of nitrogens with one attached hydrogen (secondary N) is 2. The van der Waals surface area contributed by atoms with Gasteiger partial charge in [-0.2, -0.15) is 0 Å². The van der Waals surface area contributed by atoms with Crippen LogP contribution in [0, 0.1) is 13.8 Å². The number of amides is 1. The third kappa shape index (κ3) is 4.58. The summed E-state index contributed by atoms with van der Waals surface area (Å²) >= 11 is 3.60. The highest BCUT2D eigenvalue weighted by Crippen LogP contribution is 2.29. The average Bonchev–Trinajstić information content (AvgIpc) is 3.20. The van der Waals surface area contributed by atoms with Gasteiger partial charge in [0.2, 0.25) is 0 Å². The third-order valence-corrected chi connectivity index (χ3v) is 6.58. The van der Waals surface area contributed by atoms with Gasteiger partial charge in [0.05, 0.1) is 24.2 Å². The Labute approximate surface area is 185 Å². The zero-order valence-corrected chi connectivity index (χ0v) is 19.0. The summed E-state index contributed by atoms with van der Waals surface area (Å²) in [6.45, 7) is 9.42. The Hall–Kier alpha value is -2.22. The minimum absolute atomic E-state index is 0.0384. The third-order valence-electron chi connectivity index (χ3n) is 5.75. The van der Waals surface area contributed by atoms with E-state index in [0.717, 1.165) is 66.2 Å². The van der Waals surface area contributed by atoms with Crippen molar-refractivity contribution in [2.45, 2.75) is 20.3 Å². The summed E-state index contributed by atoms with van der Waals surface area (Å²) in [5.41, 5.74) is 6.00. The van der Waals surface area contributed by atoms with Crippen LogP contribution in [0.2, 0.25) is 0 Å². The van der Waals surface area contributed by atoms with E-state index in [1.165, 1.54) is 11.1 Å². The van der Waals surface area contributed by atoms with Crippen LogP contribution in [-0.4, -0.2) is 60.2 Å². The van der Waals surface area contributed by atoms with Crippen molar-refractivity contribution in [3.63, 3.8) is 0 Å². The van der Waals surface area contributed by atoms with Crippen molar-refractivity contribution in [3.05, 3.63) is 51.5 Å². The second-order valence-electron chi connectivity index (χ2n) is 7.73. The van der Waals surface area contributed by atoms with Gasteiger partial charge in [-0.05, 0) is 56.1 Å². The fourth-order valence-corrected chi connectivity index (χ4v) is 4.23. The zero-order chi connectivity index (χ0) is 21.1. The molecule has 2 aromatic carbocycles. The standard InChI is InChI=1S/C23H27BrN4O2/c1-15-16(2)21-20(14-19(15)24)26-22(27-21)17-4-6-18(7-5-17)23(29)25-8-3-9-28-10-12-30-13-11-28/h4-7,14H,3,8-13H2,1-2H3,(H,25,29)(H,26,27). The number of hydrogen-bond acceptors (Lipinski definition) is 4. The van der Waals surface area contributed by atoms with Crippen LogP contribution in [0.3, 0.4) is 0 Å². The van der Waals surface area contributed by atoms with Crippen LogP contribution in [-0.2, 0) is 4.74 Å². The number of carbonyl (C=O) groups excluding carboxylic acids is 1. The Morgan fingerprint density at radius 2 is 1.93 bits per heavy atom. The minimum atomic E-state index is -0.0384. The van der Waals surface area contributed by atoms with Crippen molar-refractivity contribution in [2.75, 3.05) is 39.4 Å². The molecule has 6 nitrogen and oxygen atoms in total. The van der Waals surface area contributed by atoms with Crippen molar-refractivity contribution >= 4 is 32.9 Å². The molecule has 1 aliphatic rings. The van der Waals surface area contributed by atoms with Crippen LogP contribution in [0.25, 0.3) is 22.4 Å². The first-order valence-corrected chi connectivity index (χ1v) is 11.2. The molecule has 1 saturated heterocycles. The van der Waals surface area contributed by atoms with Crippen LogP contribution in [0.1, 0.15) is 27.9 Å². The second-order valence-corrected chi connectivity index (χ2v) is 8.58. The Morgan fingerprint density at radius 3 is 2.67 bits per heavy atom. The maximum Gasteiger partial charge on any atom is 0.251 e. The molecule has 0 saturated carbocycles. The highest BCUT2D eigenvalue weighted by molar-refractivity contribution is 9.10. The van der Waals surface area contributed by atoms with E-state index in [0.29, 0.717) is 12.1 Å². The highest BCUT2D eigenvalue weighted by Gasteiger charge is 2.13. The quantitative estimate of drug-likeness (QED) is 0.532. The molecular formula is C23H27BrN4O2. The summed E-state index contributed by atoms with van der Waals surface area (Å²) in [4.78, 5) is 23.0. The lowest BCUT2D eigenvalue weighted by atomic mass is 10.1. The monoisotopic (exact) mass is 470 g/mol. The summed E-state index contributed by atoms with van der Waals surface area (Å²) in [6, 6.07) is 9.63. The molecule has 0 aliphatic carbocycles. The number of imidazole rings is 1. The van der Waals surface area contributed by atoms with E-state index in [1.807, 2.05) is 30.3 Å². The second kappa shape index (κ2) is 9.29. The SMILES string of the molecule is Cc1c(Br)cc2nc(-c3ccc(C(=O)NCCCN4CCOCC4)cc3)[nH]c2c1C. The van der Waals surface area contributed by atoms with E-state index >= 15 is 0 Å². The van der Waals surface area contributed by atoms with Gasteiger partial charge in [0.1, 0.15) is 5.82 Å². The molecule has 0 radical (unpaired) electrons. The van der Waals surface area contributed by atoms with Gasteiger partial charge in [-0.15, -0.1) is 0 Å². The first-order chi connectivity index (χ1) is 14.5. The molecule has 1 aliphatic heterocycles. The summed E-state index contributed by atoms with van der Waals surface area (Å²) in [5.74, 6) is 0.770. The normalized spacial score (nSPS) is 14.9. The Balaban J connectivity index is 1.37. The van der Waals surface area contributed by atoms with Gasteiger partial charge >= 0.3 is 0 Å². The predicted octanol–water partition coefficient (Wildman–Crippen LogP) is 4.06. The van der Waals surface area contributed by atoms with Crippen molar-refractivity contribution in [3.8, 4) is 11.4 Å². The molecular weight excluding hydrogens is 444 g/mol. The van der Waals surface area contributed by atoms with E-state index in [9.17, 15) is 4.79 Å². The minimum Gasteiger partial charge on any atom is -0.379 e. The number of carbonyl (C=O) groups is 1. The highest BCUT2D eigenvalue weighted by atomic mass is 79.9. The predicted molar refractivity (Wildman–Crippen MR) is 123 cm³/mol. The Bertz CT molecular complexity index is 1040. The fourth-order valence-electron chi connectivity index (χ4n) is 3.72. The maximum absolute atomic E-state index is 12.4. The molecule has 0 atom stereocenters. The number of benzene rings is 2. The molecule has 4 rings (SSSR count). The number of aromatic nitrogens is 2. The summed E-state index contributed by atoms with van der Waals surface area (Å²) in [6.07, 6.45) is 0.942. The molecule has 3 aromatic rings. The van der Waals surface area contributed by atoms with Crippen molar-refractivity contribution in [1.82, 2.24) is 20.2 Å². The topological polar surface area (TPSA) is 70.2 Å². The van der Waals surface area contributed by atoms with Gasteiger partial charge in [-0.25, -0.2) is 4.98 Å². The van der Waals surface area contributed by atoms with E-state index in [4.69, 9.17) is 9.72 Å². The summed E-state index contributed by atoms with van der Waals surface area (Å²) in [7, 11) is 0. The molecule has 1 amide bonds. The number of rotatable bonds is 6. The largest absolute Gasteiger partial charge is 0.379 e. The van der Waals surface area contributed by atoms with Crippen molar-refractivity contribution in [2.24, 2.45) is 0 Å². The number of ether oxygens (including phenoxy) is 1. The summed E-state index contributed by atoms with van der Waals surface area (Å²) < 4.78 is 6.42. The molecule has 0 bridgehead atoms. The van der Waals surface area contributed by atoms with Gasteiger partial charge in [0.15, 0.2) is 0 Å². The first-order valence-electron chi connectivity index (χ1n) is 10.4. The molecule has 30 heavy (non-hydrogen) atoms. The molecule has 0 spiro atoms. The molecule has 0 unspecified atom stereocenters. The lowest BCUT2D eigenvalue weighted by Gasteiger charge is -2.26. The molecule has 2 N–H and O–H groups in total. The number of aryl methyl sites for hydroxylation is 1. The number of nitrogens with zero attached hydrogens (tertiary/aromatic N) is 2. The van der Waals surface area contributed by atoms with Crippen LogP contribution < -0.4 is 5.32 Å². The van der Waals surface area contributed by atoms with Crippen LogP contribution in [0.4, 0.5) is 0 Å². The molecule has 2 heterocycles. The van der Waals surface area contributed by atoms with Gasteiger partial charge in [-0.1, -0.05) is 28.1 Å². The number of H-pyrrole nitrogens is 1. The average molecular weight is 471 g/mol. The maximum atomic E-state index is 12.4. The van der Waals surface area contributed by atoms with Crippen molar-refractivity contribution < 1.29 is 9.53 Å². The lowest BCUT2D eigenvalue weighted by Crippen LogP contribution is -2.38. The number of hydrogen-bond donors (Lipinski definition) is 2. The smallest absolute Gasteiger partial charge is 0.251 e. The number of halogens is 1. The van der Waals surface area contributed by atoms with Gasteiger partial charge in [-0.3, -0.25) is 9.69 Å². The van der Waals surface area contributed by atoms with E-state index in [2.05, 4.69) is 45.0 Å². The Morgan fingerprint density at radius 1 is 1.20 bits per heavy atom. The fraction of sp³-hybridized carbons (Fsp3) is 0.391. The van der Waals surface area contributed by atoms with Gasteiger partial charge < -0.3 is 15.0 Å². The van der Waals surface area contributed by atoms with E-state index in [1.54, 1.807) is 0 Å². The van der Waals surface area contributed by atoms with Gasteiger partial charge in [0.25, 0.3) is 5.91 Å². The van der Waals surface area contributed by atoms with Crippen LogP contribution in [0.5, 0.6) is 0 Å². The first kappa shape index (κ1) is 21.0. The molecule has 7 heteroatoms. The summed E-state index contributed by atoms with van der Waals surface area (Å²) in [5, 5.41) is 3.01. The molecule has 1 aromatic heterocycles. The number of aromatic amines is 1. The van der Waals surface area contributed by atoms with Crippen molar-refractivity contribution in [1.29, 1.82) is 0 Å². The lowest BCUT2D eigenvalue weighted by molar-refractivity contribution is 0.0374. The molecule has 1 fully saturated rings. The van der Waals surface area contributed by atoms with Crippen LogP contribution in [0.15, 0.2) is 34.8 Å². The van der Waals surface area contributed by atoms with Crippen LogP contribution >= 0.6 is 15.9 Å². The Kier molecular flexibility index (Phi) is 6.51. The number of fused-ring (bicyclic) bond motifs is 1. The number of morpholine rings is 1. The van der Waals surface area contributed by atoms with E-state index in [-0.39, 0.29) is 5.91 Å². The zero-order valence-electron chi connectivity index (χ0n) is 17.4.